The molecule has 0 aliphatic carbocycles. The molecule has 0 aromatic heterocycles. The first-order valence-corrected chi connectivity index (χ1v) is 7.48. The highest BCUT2D eigenvalue weighted by atomic mass is 35.6. The molecule has 0 nitrogen and oxygen atoms in total. The first kappa shape index (κ1) is 8.86. The van der Waals surface area contributed by atoms with Gasteiger partial charge in [-0.25, -0.2) is 0 Å². The number of hydrogen-bond acceptors (Lipinski definition) is 1. The zero-order valence-electron chi connectivity index (χ0n) is 5.45. The van der Waals surface area contributed by atoms with Gasteiger partial charge in [-0.05, 0) is 11.4 Å². The van der Waals surface area contributed by atoms with E-state index in [4.69, 9.17) is 11.1 Å². The maximum Gasteiger partial charge on any atom is 0.162 e. The van der Waals surface area contributed by atoms with Crippen LogP contribution in [0.2, 0.25) is 12.6 Å². The van der Waals surface area contributed by atoms with Gasteiger partial charge in [0.1, 0.15) is 0 Å². The molecular formula is C5H13ClSSi. The Morgan fingerprint density at radius 1 is 1.62 bits per heavy atom. The molecule has 0 N–H and O–H groups in total. The second kappa shape index (κ2) is 3.80. The average molecular weight is 169 g/mol. The molecule has 0 aromatic rings. The fraction of sp³-hybridized carbons (Fsp3) is 1.00. The van der Waals surface area contributed by atoms with E-state index in [2.05, 4.69) is 26.1 Å². The Hall–Kier alpha value is 0.857. The molecule has 0 amide bonds. The SMILES string of the molecule is CCC[Si](C)(Cl)CS. The van der Waals surface area contributed by atoms with Crippen LogP contribution in [0.5, 0.6) is 0 Å². The van der Waals surface area contributed by atoms with E-state index in [1.807, 2.05) is 0 Å². The molecule has 0 aliphatic heterocycles. The van der Waals surface area contributed by atoms with Crippen LogP contribution in [0.1, 0.15) is 13.3 Å². The Balaban J connectivity index is 3.37. The van der Waals surface area contributed by atoms with Crippen LogP contribution in [0, 0.1) is 0 Å². The number of hydrogen-bond donors (Lipinski definition) is 1. The predicted molar refractivity (Wildman–Crippen MR) is 46.4 cm³/mol. The van der Waals surface area contributed by atoms with Crippen LogP contribution in [-0.4, -0.2) is 12.8 Å². The summed E-state index contributed by atoms with van der Waals surface area (Å²) in [6.07, 6.45) is 1.20. The lowest BCUT2D eigenvalue weighted by molar-refractivity contribution is 1.06. The zero-order valence-corrected chi connectivity index (χ0v) is 8.10. The van der Waals surface area contributed by atoms with Crippen LogP contribution < -0.4 is 0 Å². The highest BCUT2D eigenvalue weighted by Crippen LogP contribution is 2.17. The van der Waals surface area contributed by atoms with Gasteiger partial charge >= 0.3 is 0 Å². The van der Waals surface area contributed by atoms with Crippen molar-refractivity contribution in [3.05, 3.63) is 0 Å². The van der Waals surface area contributed by atoms with Crippen molar-refractivity contribution >= 4 is 31.1 Å². The van der Waals surface area contributed by atoms with E-state index in [-0.39, 0.29) is 0 Å². The molecule has 0 radical (unpaired) electrons. The van der Waals surface area contributed by atoms with E-state index in [0.717, 1.165) is 5.38 Å². The summed E-state index contributed by atoms with van der Waals surface area (Å²) in [7, 11) is -1.34. The van der Waals surface area contributed by atoms with Crippen molar-refractivity contribution in [2.75, 3.05) is 5.38 Å². The normalized spacial score (nSPS) is 18.0. The van der Waals surface area contributed by atoms with Crippen LogP contribution in [0.4, 0.5) is 0 Å². The average Bonchev–Trinajstić information content (AvgIpc) is 1.67. The third-order valence-corrected chi connectivity index (χ3v) is 6.92. The van der Waals surface area contributed by atoms with Crippen molar-refractivity contribution in [3.63, 3.8) is 0 Å². The quantitative estimate of drug-likeness (QED) is 0.374. The maximum absolute atomic E-state index is 6.08. The molecule has 0 saturated heterocycles. The molecule has 1 unspecified atom stereocenters. The molecule has 3 heteroatoms. The van der Waals surface area contributed by atoms with Gasteiger partial charge in [0.15, 0.2) is 7.38 Å². The summed E-state index contributed by atoms with van der Waals surface area (Å²) >= 11 is 10.2. The maximum atomic E-state index is 6.08. The summed E-state index contributed by atoms with van der Waals surface area (Å²) in [6, 6.07) is 1.19. The van der Waals surface area contributed by atoms with E-state index in [1.54, 1.807) is 0 Å². The van der Waals surface area contributed by atoms with E-state index >= 15 is 0 Å². The van der Waals surface area contributed by atoms with Crippen molar-refractivity contribution in [1.29, 1.82) is 0 Å². The van der Waals surface area contributed by atoms with Crippen molar-refractivity contribution < 1.29 is 0 Å². The summed E-state index contributed by atoms with van der Waals surface area (Å²) < 4.78 is 0. The molecule has 0 aromatic carbocycles. The fourth-order valence-corrected chi connectivity index (χ4v) is 2.84. The lowest BCUT2D eigenvalue weighted by Gasteiger charge is -2.13. The summed E-state index contributed by atoms with van der Waals surface area (Å²) in [5.74, 6) is 0. The van der Waals surface area contributed by atoms with Gasteiger partial charge in [-0.2, -0.15) is 23.7 Å². The van der Waals surface area contributed by atoms with Gasteiger partial charge in [-0.15, -0.1) is 0 Å². The van der Waals surface area contributed by atoms with Crippen molar-refractivity contribution in [2.24, 2.45) is 0 Å². The Kier molecular flexibility index (Phi) is 4.21. The largest absolute Gasteiger partial charge is 0.181 e. The Morgan fingerprint density at radius 2 is 2.12 bits per heavy atom. The van der Waals surface area contributed by atoms with Gasteiger partial charge in [0.2, 0.25) is 0 Å². The van der Waals surface area contributed by atoms with Gasteiger partial charge < -0.3 is 0 Å². The van der Waals surface area contributed by atoms with Gasteiger partial charge in [0.05, 0.1) is 0 Å². The Morgan fingerprint density at radius 3 is 2.25 bits per heavy atom. The number of halogens is 1. The first-order valence-electron chi connectivity index (χ1n) is 2.92. The first-order chi connectivity index (χ1) is 3.62. The third-order valence-electron chi connectivity index (χ3n) is 1.10. The van der Waals surface area contributed by atoms with Crippen LogP contribution in [0.3, 0.4) is 0 Å². The summed E-state index contributed by atoms with van der Waals surface area (Å²) in [5, 5.41) is 0.905. The second-order valence-corrected chi connectivity index (χ2v) is 9.65. The molecule has 1 atom stereocenters. The minimum absolute atomic E-state index is 0.905. The molecule has 0 rings (SSSR count). The lowest BCUT2D eigenvalue weighted by atomic mass is 10.6. The predicted octanol–water partition coefficient (Wildman–Crippen LogP) is 2.68. The molecular weight excluding hydrogens is 156 g/mol. The fourth-order valence-electron chi connectivity index (χ4n) is 0.600. The van der Waals surface area contributed by atoms with E-state index < -0.39 is 7.38 Å². The standard InChI is InChI=1S/C5H13ClSSi/c1-3-4-8(2,6)5-7/h7H,3-5H2,1-2H3. The van der Waals surface area contributed by atoms with Crippen molar-refractivity contribution in [3.8, 4) is 0 Å². The third kappa shape index (κ3) is 3.81. The second-order valence-electron chi connectivity index (χ2n) is 2.32. The topological polar surface area (TPSA) is 0 Å². The molecule has 0 spiro atoms. The highest BCUT2D eigenvalue weighted by Gasteiger charge is 2.19. The molecule has 0 fully saturated rings. The number of rotatable bonds is 3. The van der Waals surface area contributed by atoms with Crippen molar-refractivity contribution in [2.45, 2.75) is 25.9 Å². The summed E-state index contributed by atoms with van der Waals surface area (Å²) in [6.45, 7) is 4.32. The van der Waals surface area contributed by atoms with Gasteiger partial charge in [-0.1, -0.05) is 19.9 Å². The van der Waals surface area contributed by atoms with Crippen LogP contribution in [-0.2, 0) is 0 Å². The molecule has 0 bridgehead atoms. The van der Waals surface area contributed by atoms with Crippen LogP contribution in [0.15, 0.2) is 0 Å². The smallest absolute Gasteiger partial charge is 0.162 e. The van der Waals surface area contributed by atoms with Gasteiger partial charge in [0.25, 0.3) is 0 Å². The van der Waals surface area contributed by atoms with E-state index in [9.17, 15) is 0 Å². The monoisotopic (exact) mass is 168 g/mol. The summed E-state index contributed by atoms with van der Waals surface area (Å²) in [5.41, 5.74) is 0. The van der Waals surface area contributed by atoms with Gasteiger partial charge in [-0.3, -0.25) is 0 Å². The highest BCUT2D eigenvalue weighted by molar-refractivity contribution is 7.83. The van der Waals surface area contributed by atoms with Crippen LogP contribution in [0.25, 0.3) is 0 Å². The van der Waals surface area contributed by atoms with E-state index in [1.165, 1.54) is 12.5 Å². The molecule has 8 heavy (non-hydrogen) atoms. The van der Waals surface area contributed by atoms with Crippen LogP contribution >= 0.6 is 23.7 Å². The van der Waals surface area contributed by atoms with Gasteiger partial charge in [0, 0.05) is 0 Å². The Bertz CT molecular complexity index is 65.4. The molecule has 0 saturated carbocycles. The lowest BCUT2D eigenvalue weighted by Crippen LogP contribution is -2.24. The minimum atomic E-state index is -1.34. The molecule has 0 aliphatic rings. The Labute approximate surface area is 62.7 Å². The molecule has 50 valence electrons. The minimum Gasteiger partial charge on any atom is -0.181 e. The zero-order chi connectivity index (χ0) is 6.62. The molecule has 0 heterocycles. The number of thiol groups is 1. The summed E-state index contributed by atoms with van der Waals surface area (Å²) in [4.78, 5) is 0. The van der Waals surface area contributed by atoms with E-state index in [0.29, 0.717) is 0 Å². The van der Waals surface area contributed by atoms with Crippen molar-refractivity contribution in [1.82, 2.24) is 0 Å².